The molecule has 17 heavy (non-hydrogen) atoms. The topological polar surface area (TPSA) is 29.9 Å². The van der Waals surface area contributed by atoms with Crippen LogP contribution >= 0.6 is 23.2 Å². The van der Waals surface area contributed by atoms with Crippen LogP contribution in [-0.4, -0.2) is 9.78 Å². The van der Waals surface area contributed by atoms with E-state index in [1.165, 1.54) is 0 Å². The molecule has 0 fully saturated rings. The van der Waals surface area contributed by atoms with Crippen molar-refractivity contribution in [1.82, 2.24) is 9.78 Å². The second kappa shape index (κ2) is 4.98. The maximum atomic E-state index is 6.11. The summed E-state index contributed by atoms with van der Waals surface area (Å²) >= 11 is 12.0. The highest BCUT2D eigenvalue weighted by Gasteiger charge is 2.10. The van der Waals surface area contributed by atoms with E-state index in [1.807, 2.05) is 29.9 Å². The van der Waals surface area contributed by atoms with Crippen LogP contribution in [0.15, 0.2) is 30.5 Å². The zero-order valence-corrected chi connectivity index (χ0v) is 11.1. The molecular formula is C12H13Cl2N3. The van der Waals surface area contributed by atoms with Crippen molar-refractivity contribution in [2.75, 3.05) is 5.32 Å². The fourth-order valence-corrected chi connectivity index (χ4v) is 2.19. The van der Waals surface area contributed by atoms with E-state index in [4.69, 9.17) is 23.2 Å². The Morgan fingerprint density at radius 1 is 1.29 bits per heavy atom. The summed E-state index contributed by atoms with van der Waals surface area (Å²) in [6.45, 7) is 2.06. The third-order valence-corrected chi connectivity index (χ3v) is 3.15. The Bertz CT molecular complexity index is 522. The minimum Gasteiger partial charge on any atom is -0.376 e. The van der Waals surface area contributed by atoms with Gasteiger partial charge >= 0.3 is 0 Å². The molecule has 3 nitrogen and oxygen atoms in total. The number of nitrogens with zero attached hydrogens (tertiary/aromatic N) is 2. The van der Waals surface area contributed by atoms with Crippen LogP contribution in [0.25, 0.3) is 0 Å². The Hall–Kier alpha value is -1.19. The van der Waals surface area contributed by atoms with Crippen molar-refractivity contribution in [2.24, 2.45) is 7.05 Å². The smallest absolute Gasteiger partial charge is 0.0654 e. The summed E-state index contributed by atoms with van der Waals surface area (Å²) in [6.07, 6.45) is 1.77. The summed E-state index contributed by atoms with van der Waals surface area (Å²) < 4.78 is 1.83. The average Bonchev–Trinajstić information content (AvgIpc) is 2.68. The molecular weight excluding hydrogens is 257 g/mol. The van der Waals surface area contributed by atoms with E-state index in [9.17, 15) is 0 Å². The van der Waals surface area contributed by atoms with Gasteiger partial charge < -0.3 is 5.32 Å². The highest BCUT2D eigenvalue weighted by molar-refractivity contribution is 6.36. The molecule has 0 aliphatic rings. The van der Waals surface area contributed by atoms with Crippen molar-refractivity contribution < 1.29 is 0 Å². The molecule has 0 aliphatic heterocycles. The van der Waals surface area contributed by atoms with Crippen LogP contribution in [-0.2, 0) is 7.05 Å². The van der Waals surface area contributed by atoms with Gasteiger partial charge in [-0.3, -0.25) is 4.68 Å². The predicted molar refractivity (Wildman–Crippen MR) is 71.7 cm³/mol. The fraction of sp³-hybridized carbons (Fsp3) is 0.250. The molecule has 1 aromatic heterocycles. The first-order valence-electron chi connectivity index (χ1n) is 5.27. The SMILES string of the molecule is CC(Nc1ccc(Cl)cc1Cl)c1ccnn1C. The number of nitrogens with one attached hydrogen (secondary N) is 1. The number of halogens is 2. The van der Waals surface area contributed by atoms with Gasteiger partial charge in [0, 0.05) is 18.3 Å². The van der Waals surface area contributed by atoms with Crippen molar-refractivity contribution in [3.8, 4) is 0 Å². The third kappa shape index (κ3) is 2.73. The number of hydrogen-bond donors (Lipinski definition) is 1. The molecule has 0 bridgehead atoms. The molecule has 0 saturated heterocycles. The number of aromatic nitrogens is 2. The summed E-state index contributed by atoms with van der Waals surface area (Å²) in [4.78, 5) is 0. The molecule has 0 amide bonds. The second-order valence-corrected chi connectivity index (χ2v) is 4.71. The Morgan fingerprint density at radius 3 is 2.65 bits per heavy atom. The number of aryl methyl sites for hydroxylation is 1. The van der Waals surface area contributed by atoms with E-state index in [1.54, 1.807) is 12.3 Å². The van der Waals surface area contributed by atoms with Crippen molar-refractivity contribution in [3.05, 3.63) is 46.2 Å². The van der Waals surface area contributed by atoms with Gasteiger partial charge in [-0.05, 0) is 31.2 Å². The molecule has 0 saturated carbocycles. The lowest BCUT2D eigenvalue weighted by atomic mass is 10.2. The van der Waals surface area contributed by atoms with Crippen molar-refractivity contribution in [2.45, 2.75) is 13.0 Å². The van der Waals surface area contributed by atoms with Gasteiger partial charge in [-0.15, -0.1) is 0 Å². The van der Waals surface area contributed by atoms with Gasteiger partial charge in [0.15, 0.2) is 0 Å². The van der Waals surface area contributed by atoms with Crippen LogP contribution in [0.5, 0.6) is 0 Å². The quantitative estimate of drug-likeness (QED) is 0.916. The van der Waals surface area contributed by atoms with Crippen LogP contribution in [0.3, 0.4) is 0 Å². The van der Waals surface area contributed by atoms with Gasteiger partial charge in [0.05, 0.1) is 22.4 Å². The minimum atomic E-state index is 0.126. The summed E-state index contributed by atoms with van der Waals surface area (Å²) in [5, 5.41) is 8.72. The molecule has 1 aromatic carbocycles. The molecule has 1 heterocycles. The maximum Gasteiger partial charge on any atom is 0.0654 e. The number of rotatable bonds is 3. The Kier molecular flexibility index (Phi) is 3.60. The van der Waals surface area contributed by atoms with E-state index >= 15 is 0 Å². The van der Waals surface area contributed by atoms with Gasteiger partial charge in [0.2, 0.25) is 0 Å². The lowest BCUT2D eigenvalue weighted by molar-refractivity contribution is 0.676. The summed E-state index contributed by atoms with van der Waals surface area (Å²) in [7, 11) is 1.91. The van der Waals surface area contributed by atoms with E-state index in [0.29, 0.717) is 10.0 Å². The first kappa shape index (κ1) is 12.3. The first-order valence-corrected chi connectivity index (χ1v) is 6.03. The average molecular weight is 270 g/mol. The third-order valence-electron chi connectivity index (χ3n) is 2.61. The standard InChI is InChI=1S/C12H13Cl2N3/c1-8(12-5-6-15-17(12)2)16-11-4-3-9(13)7-10(11)14/h3-8,16H,1-2H3. The minimum absolute atomic E-state index is 0.126. The van der Waals surface area contributed by atoms with Gasteiger partial charge in [-0.1, -0.05) is 23.2 Å². The van der Waals surface area contributed by atoms with Crippen molar-refractivity contribution >= 4 is 28.9 Å². The van der Waals surface area contributed by atoms with Crippen molar-refractivity contribution in [3.63, 3.8) is 0 Å². The molecule has 90 valence electrons. The predicted octanol–water partition coefficient (Wildman–Crippen LogP) is 3.90. The van der Waals surface area contributed by atoms with Crippen LogP contribution in [0, 0.1) is 0 Å². The summed E-state index contributed by atoms with van der Waals surface area (Å²) in [5.41, 5.74) is 1.96. The molecule has 0 aliphatic carbocycles. The van der Waals surface area contributed by atoms with Gasteiger partial charge in [0.25, 0.3) is 0 Å². The molecule has 1 unspecified atom stereocenters. The summed E-state index contributed by atoms with van der Waals surface area (Å²) in [5.74, 6) is 0. The lowest BCUT2D eigenvalue weighted by Crippen LogP contribution is -2.11. The zero-order valence-electron chi connectivity index (χ0n) is 9.61. The number of benzene rings is 1. The molecule has 2 rings (SSSR count). The number of anilines is 1. The highest BCUT2D eigenvalue weighted by Crippen LogP contribution is 2.28. The fourth-order valence-electron chi connectivity index (χ4n) is 1.72. The largest absolute Gasteiger partial charge is 0.376 e. The van der Waals surface area contributed by atoms with E-state index in [0.717, 1.165) is 11.4 Å². The van der Waals surface area contributed by atoms with Crippen LogP contribution in [0.2, 0.25) is 10.0 Å². The Labute approximate surface area is 110 Å². The van der Waals surface area contributed by atoms with Crippen LogP contribution in [0.4, 0.5) is 5.69 Å². The molecule has 2 aromatic rings. The lowest BCUT2D eigenvalue weighted by Gasteiger charge is -2.16. The highest BCUT2D eigenvalue weighted by atomic mass is 35.5. The summed E-state index contributed by atoms with van der Waals surface area (Å²) in [6, 6.07) is 7.51. The molecule has 5 heteroatoms. The number of hydrogen-bond acceptors (Lipinski definition) is 2. The van der Waals surface area contributed by atoms with Gasteiger partial charge in [-0.2, -0.15) is 5.10 Å². The second-order valence-electron chi connectivity index (χ2n) is 3.87. The zero-order chi connectivity index (χ0) is 12.4. The van der Waals surface area contributed by atoms with Gasteiger partial charge in [0.1, 0.15) is 0 Å². The van der Waals surface area contributed by atoms with E-state index in [2.05, 4.69) is 17.3 Å². The van der Waals surface area contributed by atoms with Crippen LogP contribution in [0.1, 0.15) is 18.7 Å². The normalized spacial score (nSPS) is 12.5. The molecule has 0 radical (unpaired) electrons. The molecule has 0 spiro atoms. The Balaban J connectivity index is 2.19. The van der Waals surface area contributed by atoms with Gasteiger partial charge in [-0.25, -0.2) is 0 Å². The van der Waals surface area contributed by atoms with E-state index < -0.39 is 0 Å². The molecule has 1 atom stereocenters. The van der Waals surface area contributed by atoms with Crippen molar-refractivity contribution in [1.29, 1.82) is 0 Å². The van der Waals surface area contributed by atoms with E-state index in [-0.39, 0.29) is 6.04 Å². The Morgan fingerprint density at radius 2 is 2.06 bits per heavy atom. The monoisotopic (exact) mass is 269 g/mol. The first-order chi connectivity index (χ1) is 8.08. The molecule has 1 N–H and O–H groups in total. The van der Waals surface area contributed by atoms with Crippen LogP contribution < -0.4 is 5.32 Å². The maximum absolute atomic E-state index is 6.11.